The standard InChI is InChI=1S/C49H80NO7P/c1-3-5-7-9-11-13-15-17-19-20-21-22-23-24-25-26-27-29-31-33-35-37-39-41-44-54-46-48(47-56-58(52,53)55-45-43-50)57-49(51)42-40-38-36-34-32-30-28-18-16-14-12-10-8-6-4-2/h5-8,11-14,17-19,21-22,24-25,27-29,33,35,48H,3-4,9-10,15-16,20,23,26,30-32,34,36-47,50H2,1-2H3,(H,52,53)/b7-5-,8-6-,13-11-,14-12-,19-17-,22-21-,25-24-,28-18-,29-27-,35-33-. The predicted molar refractivity (Wildman–Crippen MR) is 247 cm³/mol. The van der Waals surface area contributed by atoms with Crippen LogP contribution in [0.3, 0.4) is 0 Å². The number of ether oxygens (including phenoxy) is 2. The maximum absolute atomic E-state index is 12.6. The number of allylic oxidation sites excluding steroid dienone is 20. The van der Waals surface area contributed by atoms with Gasteiger partial charge in [0, 0.05) is 19.6 Å². The summed E-state index contributed by atoms with van der Waals surface area (Å²) in [5.41, 5.74) is 5.36. The number of phosphoric acid groups is 1. The van der Waals surface area contributed by atoms with Gasteiger partial charge in [-0.3, -0.25) is 13.8 Å². The molecule has 0 heterocycles. The topological polar surface area (TPSA) is 117 Å². The van der Waals surface area contributed by atoms with Gasteiger partial charge in [0.1, 0.15) is 6.10 Å². The molecule has 0 bridgehead atoms. The third-order valence-corrected chi connectivity index (χ3v) is 9.36. The van der Waals surface area contributed by atoms with Crippen molar-refractivity contribution in [3.63, 3.8) is 0 Å². The van der Waals surface area contributed by atoms with Gasteiger partial charge in [-0.1, -0.05) is 155 Å². The number of hydrogen-bond donors (Lipinski definition) is 2. The lowest BCUT2D eigenvalue weighted by atomic mass is 10.1. The third-order valence-electron chi connectivity index (χ3n) is 8.37. The Hall–Kier alpha value is -3.10. The summed E-state index contributed by atoms with van der Waals surface area (Å²) < 4.78 is 33.4. The summed E-state index contributed by atoms with van der Waals surface area (Å²) >= 11 is 0. The van der Waals surface area contributed by atoms with E-state index in [1.54, 1.807) is 0 Å². The van der Waals surface area contributed by atoms with Crippen LogP contribution >= 0.6 is 7.82 Å². The minimum absolute atomic E-state index is 0.0698. The van der Waals surface area contributed by atoms with E-state index in [1.807, 2.05) is 0 Å². The molecule has 8 nitrogen and oxygen atoms in total. The highest BCUT2D eigenvalue weighted by molar-refractivity contribution is 7.47. The van der Waals surface area contributed by atoms with Gasteiger partial charge in [0.25, 0.3) is 0 Å². The van der Waals surface area contributed by atoms with Gasteiger partial charge < -0.3 is 20.1 Å². The molecule has 0 aromatic carbocycles. The van der Waals surface area contributed by atoms with Crippen molar-refractivity contribution in [1.29, 1.82) is 0 Å². The van der Waals surface area contributed by atoms with Gasteiger partial charge in [-0.25, -0.2) is 4.57 Å². The van der Waals surface area contributed by atoms with Crippen LogP contribution in [0.2, 0.25) is 0 Å². The van der Waals surface area contributed by atoms with E-state index in [0.29, 0.717) is 6.61 Å². The zero-order chi connectivity index (χ0) is 42.3. The molecule has 0 amide bonds. The largest absolute Gasteiger partial charge is 0.472 e. The van der Waals surface area contributed by atoms with Crippen LogP contribution in [0.1, 0.15) is 142 Å². The van der Waals surface area contributed by atoms with Crippen molar-refractivity contribution in [3.05, 3.63) is 122 Å². The second-order valence-electron chi connectivity index (χ2n) is 13.8. The molecule has 0 aromatic rings. The molecule has 0 radical (unpaired) electrons. The second-order valence-corrected chi connectivity index (χ2v) is 15.2. The predicted octanol–water partition coefficient (Wildman–Crippen LogP) is 13.4. The van der Waals surface area contributed by atoms with Crippen molar-refractivity contribution in [2.45, 2.75) is 148 Å². The molecule has 0 aliphatic carbocycles. The molecule has 9 heteroatoms. The van der Waals surface area contributed by atoms with E-state index in [0.717, 1.165) is 122 Å². The smallest absolute Gasteiger partial charge is 0.457 e. The number of carbonyl (C=O) groups excluding carboxylic acids is 1. The molecule has 0 spiro atoms. The molecule has 0 fully saturated rings. The molecule has 0 rings (SSSR count). The summed E-state index contributed by atoms with van der Waals surface area (Å²) in [6.45, 7) is 4.51. The van der Waals surface area contributed by atoms with Crippen molar-refractivity contribution in [2.75, 3.05) is 33.0 Å². The van der Waals surface area contributed by atoms with Crippen molar-refractivity contribution < 1.29 is 32.8 Å². The van der Waals surface area contributed by atoms with Crippen LogP contribution in [0.4, 0.5) is 0 Å². The number of rotatable bonds is 40. The van der Waals surface area contributed by atoms with Crippen molar-refractivity contribution in [2.24, 2.45) is 5.73 Å². The Labute approximate surface area is 354 Å². The van der Waals surface area contributed by atoms with Gasteiger partial charge in [-0.15, -0.1) is 0 Å². The molecule has 0 saturated heterocycles. The first-order valence-electron chi connectivity index (χ1n) is 22.0. The van der Waals surface area contributed by atoms with Gasteiger partial charge in [-0.05, 0) is 103 Å². The molecule has 328 valence electrons. The summed E-state index contributed by atoms with van der Waals surface area (Å²) in [6.07, 6.45) is 62.3. The van der Waals surface area contributed by atoms with Gasteiger partial charge >= 0.3 is 13.8 Å². The summed E-state index contributed by atoms with van der Waals surface area (Å²) in [4.78, 5) is 22.5. The monoisotopic (exact) mass is 826 g/mol. The zero-order valence-electron chi connectivity index (χ0n) is 36.2. The van der Waals surface area contributed by atoms with Gasteiger partial charge in [0.2, 0.25) is 0 Å². The third kappa shape index (κ3) is 44.0. The molecular formula is C49H80NO7P. The fraction of sp³-hybridized carbons (Fsp3) is 0.571. The van der Waals surface area contributed by atoms with E-state index < -0.39 is 13.9 Å². The van der Waals surface area contributed by atoms with Crippen LogP contribution in [-0.4, -0.2) is 49.9 Å². The Bertz CT molecular complexity index is 1290. The highest BCUT2D eigenvalue weighted by Crippen LogP contribution is 2.43. The van der Waals surface area contributed by atoms with Crippen LogP contribution < -0.4 is 5.73 Å². The Kier molecular flexibility index (Phi) is 42.6. The summed E-state index contributed by atoms with van der Waals surface area (Å²) in [7, 11) is -4.30. The Morgan fingerprint density at radius 3 is 1.36 bits per heavy atom. The van der Waals surface area contributed by atoms with Crippen molar-refractivity contribution in [1.82, 2.24) is 0 Å². The molecule has 2 atom stereocenters. The van der Waals surface area contributed by atoms with E-state index in [1.165, 1.54) is 0 Å². The average Bonchev–Trinajstić information content (AvgIpc) is 3.21. The second kappa shape index (κ2) is 45.0. The maximum Gasteiger partial charge on any atom is 0.472 e. The Morgan fingerprint density at radius 1 is 0.517 bits per heavy atom. The number of carbonyl (C=O) groups is 1. The first kappa shape index (κ1) is 54.9. The van der Waals surface area contributed by atoms with E-state index >= 15 is 0 Å². The molecule has 0 aliphatic heterocycles. The quantitative estimate of drug-likeness (QED) is 0.0271. The maximum atomic E-state index is 12.6. The Morgan fingerprint density at radius 2 is 0.914 bits per heavy atom. The number of nitrogens with two attached hydrogens (primary N) is 1. The van der Waals surface area contributed by atoms with Crippen LogP contribution in [0.25, 0.3) is 0 Å². The number of hydrogen-bond acceptors (Lipinski definition) is 7. The first-order valence-corrected chi connectivity index (χ1v) is 23.5. The lowest BCUT2D eigenvalue weighted by molar-refractivity contribution is -0.154. The van der Waals surface area contributed by atoms with E-state index in [9.17, 15) is 14.3 Å². The van der Waals surface area contributed by atoms with Crippen LogP contribution in [-0.2, 0) is 27.9 Å². The van der Waals surface area contributed by atoms with Crippen LogP contribution in [0.15, 0.2) is 122 Å². The van der Waals surface area contributed by atoms with Gasteiger partial charge in [0.15, 0.2) is 0 Å². The highest BCUT2D eigenvalue weighted by atomic mass is 31.2. The molecule has 3 N–H and O–H groups in total. The van der Waals surface area contributed by atoms with Gasteiger partial charge in [0.05, 0.1) is 19.8 Å². The van der Waals surface area contributed by atoms with Crippen LogP contribution in [0.5, 0.6) is 0 Å². The molecular weight excluding hydrogens is 746 g/mol. The summed E-state index contributed by atoms with van der Waals surface area (Å²) in [5.74, 6) is -0.369. The SMILES string of the molecule is CC/C=C\C/C=C\C/C=C\C/C=C\C/C=C\C/C=C\C/C=C\CCCCOCC(COP(=O)(O)OCCN)OC(=O)CCCCCCC/C=C\C/C=C\C/C=C\CC. The first-order chi connectivity index (χ1) is 28.4. The fourth-order valence-corrected chi connectivity index (χ4v) is 5.99. The zero-order valence-corrected chi connectivity index (χ0v) is 37.1. The number of phosphoric ester groups is 1. The van der Waals surface area contributed by atoms with Gasteiger partial charge in [-0.2, -0.15) is 0 Å². The minimum Gasteiger partial charge on any atom is -0.457 e. The van der Waals surface area contributed by atoms with Crippen LogP contribution in [0, 0.1) is 0 Å². The molecule has 2 unspecified atom stereocenters. The molecule has 0 saturated carbocycles. The van der Waals surface area contributed by atoms with Crippen molar-refractivity contribution >= 4 is 13.8 Å². The van der Waals surface area contributed by atoms with E-state index in [4.69, 9.17) is 24.3 Å². The summed E-state index contributed by atoms with van der Waals surface area (Å²) in [6, 6.07) is 0. The highest BCUT2D eigenvalue weighted by Gasteiger charge is 2.25. The average molecular weight is 826 g/mol. The number of esters is 1. The lowest BCUT2D eigenvalue weighted by Crippen LogP contribution is -2.28. The number of unbranched alkanes of at least 4 members (excludes halogenated alkanes) is 7. The fourth-order valence-electron chi connectivity index (χ4n) is 5.22. The molecule has 0 aliphatic rings. The Balaban J connectivity index is 4.18. The van der Waals surface area contributed by atoms with E-state index in [2.05, 4.69) is 135 Å². The molecule has 58 heavy (non-hydrogen) atoms. The molecule has 0 aromatic heterocycles. The summed E-state index contributed by atoms with van der Waals surface area (Å²) in [5, 5.41) is 0. The minimum atomic E-state index is -4.30. The lowest BCUT2D eigenvalue weighted by Gasteiger charge is -2.20. The van der Waals surface area contributed by atoms with E-state index in [-0.39, 0.29) is 38.8 Å². The van der Waals surface area contributed by atoms with Crippen molar-refractivity contribution in [3.8, 4) is 0 Å². The normalized spacial score (nSPS) is 14.6.